The maximum atomic E-state index is 11.0. The number of hydrogen-bond donors (Lipinski definition) is 1. The Hall–Kier alpha value is -1.76. The van der Waals surface area contributed by atoms with Gasteiger partial charge in [-0.05, 0) is 24.3 Å². The Bertz CT molecular complexity index is 385. The lowest BCUT2D eigenvalue weighted by atomic mass is 10.5. The van der Waals surface area contributed by atoms with Crippen molar-refractivity contribution in [3.05, 3.63) is 28.5 Å². The standard InChI is InChI=1S/C7H7N3O3S/c1-2-3-5(11)9-7-8-4-6(14-7)10(12)13/h2-4H,1H3,(H,8,9,11). The van der Waals surface area contributed by atoms with Crippen LogP contribution in [0, 0.1) is 10.1 Å². The van der Waals surface area contributed by atoms with Crippen LogP contribution in [0.25, 0.3) is 0 Å². The van der Waals surface area contributed by atoms with Crippen molar-refractivity contribution in [1.82, 2.24) is 4.98 Å². The molecule has 0 radical (unpaired) electrons. The third-order valence-corrected chi connectivity index (χ3v) is 2.09. The summed E-state index contributed by atoms with van der Waals surface area (Å²) in [5, 5.41) is 12.8. The molecule has 0 bridgehead atoms. The Morgan fingerprint density at radius 1 is 1.79 bits per heavy atom. The molecule has 1 rings (SSSR count). The summed E-state index contributed by atoms with van der Waals surface area (Å²) in [5.74, 6) is -0.350. The van der Waals surface area contributed by atoms with E-state index in [4.69, 9.17) is 0 Å². The van der Waals surface area contributed by atoms with Crippen LogP contribution in [0.15, 0.2) is 18.3 Å². The first-order valence-electron chi connectivity index (χ1n) is 3.67. The molecule has 1 amide bonds. The molecule has 0 aliphatic heterocycles. The zero-order valence-corrected chi connectivity index (χ0v) is 8.08. The molecule has 74 valence electrons. The van der Waals surface area contributed by atoms with E-state index in [9.17, 15) is 14.9 Å². The summed E-state index contributed by atoms with van der Waals surface area (Å²) in [4.78, 5) is 24.4. The molecule has 6 nitrogen and oxygen atoms in total. The van der Waals surface area contributed by atoms with Gasteiger partial charge in [0.25, 0.3) is 0 Å². The van der Waals surface area contributed by atoms with E-state index in [0.29, 0.717) is 0 Å². The van der Waals surface area contributed by atoms with Crippen molar-refractivity contribution in [2.45, 2.75) is 6.92 Å². The highest BCUT2D eigenvalue weighted by Gasteiger charge is 2.11. The smallest absolute Gasteiger partial charge is 0.298 e. The molecule has 0 saturated heterocycles. The van der Waals surface area contributed by atoms with Crippen LogP contribution < -0.4 is 5.32 Å². The minimum Gasteiger partial charge on any atom is -0.298 e. The van der Waals surface area contributed by atoms with Gasteiger partial charge >= 0.3 is 5.00 Å². The highest BCUT2D eigenvalue weighted by atomic mass is 32.1. The second-order valence-corrected chi connectivity index (χ2v) is 3.26. The first-order valence-corrected chi connectivity index (χ1v) is 4.49. The molecule has 0 aliphatic carbocycles. The first-order chi connectivity index (χ1) is 6.63. The highest BCUT2D eigenvalue weighted by molar-refractivity contribution is 7.18. The van der Waals surface area contributed by atoms with Gasteiger partial charge in [-0.25, -0.2) is 4.98 Å². The number of carbonyl (C=O) groups is 1. The van der Waals surface area contributed by atoms with Crippen LogP contribution in [0.4, 0.5) is 10.1 Å². The van der Waals surface area contributed by atoms with Crippen LogP contribution in [0.3, 0.4) is 0 Å². The topological polar surface area (TPSA) is 85.1 Å². The fraction of sp³-hybridized carbons (Fsp3) is 0.143. The lowest BCUT2D eigenvalue weighted by Gasteiger charge is -1.92. The monoisotopic (exact) mass is 213 g/mol. The number of thiazole rings is 1. The SMILES string of the molecule is CC=CC(=O)Nc1ncc([N+](=O)[O-])s1. The fourth-order valence-electron chi connectivity index (χ4n) is 0.706. The summed E-state index contributed by atoms with van der Waals surface area (Å²) in [7, 11) is 0. The number of aromatic nitrogens is 1. The summed E-state index contributed by atoms with van der Waals surface area (Å²) in [6.07, 6.45) is 3.99. The van der Waals surface area contributed by atoms with E-state index in [1.807, 2.05) is 0 Å². The van der Waals surface area contributed by atoms with Crippen molar-refractivity contribution in [3.63, 3.8) is 0 Å². The van der Waals surface area contributed by atoms with Crippen molar-refractivity contribution >= 4 is 27.4 Å². The van der Waals surface area contributed by atoms with Crippen LogP contribution >= 0.6 is 11.3 Å². The zero-order valence-electron chi connectivity index (χ0n) is 7.26. The van der Waals surface area contributed by atoms with Gasteiger partial charge in [-0.3, -0.25) is 20.2 Å². The predicted octanol–water partition coefficient (Wildman–Crippen LogP) is 1.57. The van der Waals surface area contributed by atoms with Gasteiger partial charge in [-0.15, -0.1) is 0 Å². The molecule has 14 heavy (non-hydrogen) atoms. The molecule has 0 aromatic carbocycles. The van der Waals surface area contributed by atoms with Gasteiger partial charge < -0.3 is 0 Å². The van der Waals surface area contributed by atoms with E-state index in [1.54, 1.807) is 13.0 Å². The minimum absolute atomic E-state index is 0.0965. The molecule has 0 spiro atoms. The molecular formula is C7H7N3O3S. The van der Waals surface area contributed by atoms with E-state index >= 15 is 0 Å². The third-order valence-electron chi connectivity index (χ3n) is 1.22. The van der Waals surface area contributed by atoms with Crippen LogP contribution in [-0.4, -0.2) is 15.8 Å². The number of amides is 1. The number of nitrogens with one attached hydrogen (secondary N) is 1. The number of anilines is 1. The van der Waals surface area contributed by atoms with Crippen molar-refractivity contribution in [2.24, 2.45) is 0 Å². The average Bonchev–Trinajstić information content (AvgIpc) is 2.53. The lowest BCUT2D eigenvalue weighted by Crippen LogP contribution is -2.06. The second-order valence-electron chi connectivity index (χ2n) is 2.25. The molecule has 1 N–H and O–H groups in total. The molecule has 1 heterocycles. The molecule has 7 heteroatoms. The van der Waals surface area contributed by atoms with Gasteiger partial charge in [0.1, 0.15) is 6.20 Å². The van der Waals surface area contributed by atoms with Crippen LogP contribution in [0.1, 0.15) is 6.92 Å². The summed E-state index contributed by atoms with van der Waals surface area (Å²) in [5.41, 5.74) is 0. The molecule has 0 unspecified atom stereocenters. The van der Waals surface area contributed by atoms with Gasteiger partial charge in [0.15, 0.2) is 5.13 Å². The van der Waals surface area contributed by atoms with Gasteiger partial charge in [0.05, 0.1) is 4.92 Å². The van der Waals surface area contributed by atoms with E-state index in [0.717, 1.165) is 17.5 Å². The Morgan fingerprint density at radius 2 is 2.50 bits per heavy atom. The number of carbonyl (C=O) groups excluding carboxylic acids is 1. The molecule has 1 aromatic rings. The minimum atomic E-state index is -0.553. The quantitative estimate of drug-likeness (QED) is 0.469. The van der Waals surface area contributed by atoms with Gasteiger partial charge in [-0.2, -0.15) is 0 Å². The summed E-state index contributed by atoms with van der Waals surface area (Å²) in [6.45, 7) is 1.70. The van der Waals surface area contributed by atoms with Crippen LogP contribution in [0.2, 0.25) is 0 Å². The van der Waals surface area contributed by atoms with Crippen LogP contribution in [-0.2, 0) is 4.79 Å². The Morgan fingerprint density at radius 3 is 3.00 bits per heavy atom. The molecule has 0 aliphatic rings. The number of hydrogen-bond acceptors (Lipinski definition) is 5. The number of nitrogens with zero attached hydrogens (tertiary/aromatic N) is 2. The van der Waals surface area contributed by atoms with Crippen molar-refractivity contribution in [1.29, 1.82) is 0 Å². The average molecular weight is 213 g/mol. The molecule has 0 atom stereocenters. The first kappa shape index (κ1) is 10.3. The normalized spacial score (nSPS) is 10.4. The Labute approximate surface area is 83.4 Å². The number of allylic oxidation sites excluding steroid dienone is 1. The number of nitro groups is 1. The van der Waals surface area contributed by atoms with Crippen LogP contribution in [0.5, 0.6) is 0 Å². The molecule has 1 aromatic heterocycles. The summed E-state index contributed by atoms with van der Waals surface area (Å²) >= 11 is 0.819. The molecular weight excluding hydrogens is 206 g/mol. The van der Waals surface area contributed by atoms with Gasteiger partial charge in [0.2, 0.25) is 5.91 Å². The van der Waals surface area contributed by atoms with E-state index in [2.05, 4.69) is 10.3 Å². The van der Waals surface area contributed by atoms with E-state index in [-0.39, 0.29) is 16.0 Å². The van der Waals surface area contributed by atoms with E-state index in [1.165, 1.54) is 6.08 Å². The molecule has 0 fully saturated rings. The Kier molecular flexibility index (Phi) is 3.29. The van der Waals surface area contributed by atoms with Gasteiger partial charge in [-0.1, -0.05) is 6.08 Å². The fourth-order valence-corrected chi connectivity index (χ4v) is 1.34. The third kappa shape index (κ3) is 2.63. The van der Waals surface area contributed by atoms with E-state index < -0.39 is 4.92 Å². The van der Waals surface area contributed by atoms with Crippen molar-refractivity contribution in [3.8, 4) is 0 Å². The summed E-state index contributed by atoms with van der Waals surface area (Å²) in [6, 6.07) is 0. The van der Waals surface area contributed by atoms with Gasteiger partial charge in [0, 0.05) is 0 Å². The lowest BCUT2D eigenvalue weighted by molar-refractivity contribution is -0.380. The Balaban J connectivity index is 2.69. The highest BCUT2D eigenvalue weighted by Crippen LogP contribution is 2.24. The number of rotatable bonds is 3. The zero-order chi connectivity index (χ0) is 10.6. The van der Waals surface area contributed by atoms with Crippen molar-refractivity contribution in [2.75, 3.05) is 5.32 Å². The maximum absolute atomic E-state index is 11.0. The maximum Gasteiger partial charge on any atom is 0.345 e. The predicted molar refractivity (Wildman–Crippen MR) is 52.2 cm³/mol. The van der Waals surface area contributed by atoms with Crippen molar-refractivity contribution < 1.29 is 9.72 Å². The summed E-state index contributed by atoms with van der Waals surface area (Å²) < 4.78 is 0. The second kappa shape index (κ2) is 4.47. The molecule has 0 saturated carbocycles. The largest absolute Gasteiger partial charge is 0.345 e.